The molecule has 2 aromatic carbocycles. The number of ether oxygens (including phenoxy) is 2. The summed E-state index contributed by atoms with van der Waals surface area (Å²) in [6, 6.07) is 10.3. The second-order valence-corrected chi connectivity index (χ2v) is 11.9. The van der Waals surface area contributed by atoms with Crippen LogP contribution in [0.3, 0.4) is 0 Å². The average Bonchev–Trinajstić information content (AvgIpc) is 3.36. The lowest BCUT2D eigenvalue weighted by molar-refractivity contribution is -0.147. The first-order valence-corrected chi connectivity index (χ1v) is 16.2. The monoisotopic (exact) mass is 847 g/mol. The number of carbonyl (C=O) groups excluding carboxylic acids is 3. The summed E-state index contributed by atoms with van der Waals surface area (Å²) >= 11 is 4.24. The smallest absolute Gasteiger partial charge is 0.328 e. The predicted octanol–water partition coefficient (Wildman–Crippen LogP) is 6.02. The third-order valence-corrected chi connectivity index (χ3v) is 8.09. The summed E-state index contributed by atoms with van der Waals surface area (Å²) in [4.78, 5) is 60.7. The van der Waals surface area contributed by atoms with E-state index in [0.29, 0.717) is 41.9 Å². The first-order valence-electron chi connectivity index (χ1n) is 14.1. The van der Waals surface area contributed by atoms with Crippen LogP contribution < -0.4 is 4.74 Å². The molecule has 0 radical (unpaired) electrons. The highest BCUT2D eigenvalue weighted by Crippen LogP contribution is 2.32. The number of aliphatic carboxylic acids is 2. The van der Waals surface area contributed by atoms with Crippen molar-refractivity contribution in [2.75, 3.05) is 26.2 Å². The second kappa shape index (κ2) is 18.6. The van der Waals surface area contributed by atoms with Crippen molar-refractivity contribution < 1.29 is 48.1 Å². The fraction of sp³-hybridized carbons (Fsp3) is 0.344. The number of nitrogens with zero attached hydrogens (tertiary/aromatic N) is 1. The van der Waals surface area contributed by atoms with Crippen LogP contribution in [0.2, 0.25) is 0 Å². The molecule has 242 valence electrons. The van der Waals surface area contributed by atoms with Crippen LogP contribution in [0.5, 0.6) is 5.75 Å². The first-order chi connectivity index (χ1) is 21.3. The van der Waals surface area contributed by atoms with Crippen molar-refractivity contribution in [2.45, 2.75) is 46.6 Å². The molecule has 0 unspecified atom stereocenters. The molecule has 0 bridgehead atoms. The number of benzene rings is 2. The van der Waals surface area contributed by atoms with Gasteiger partial charge in [0, 0.05) is 29.6 Å². The molecule has 0 saturated heterocycles. The maximum Gasteiger partial charge on any atom is 0.328 e. The van der Waals surface area contributed by atoms with E-state index in [1.165, 1.54) is 0 Å². The van der Waals surface area contributed by atoms with Gasteiger partial charge >= 0.3 is 17.9 Å². The summed E-state index contributed by atoms with van der Waals surface area (Å²) in [5.41, 5.74) is 0.797. The fourth-order valence-electron chi connectivity index (χ4n) is 3.98. The van der Waals surface area contributed by atoms with Crippen molar-refractivity contribution in [3.63, 3.8) is 0 Å². The number of esters is 1. The van der Waals surface area contributed by atoms with Gasteiger partial charge in [0.25, 0.3) is 0 Å². The molecule has 11 nitrogen and oxygen atoms in total. The standard InChI is InChI=1S/C28H31I2NO6.C4H4O4/c1-5-17(4)36-24(32)16-23-25(19-10-8-9-11-22(19)37-23)27(34)26(33)18-14-20(29)28(21(30)15-18)35-13-12-31(6-2)7-3;5-3(6)1-2-4(7)8/h8-11,14-15,17H,5-7,12-13,16H2,1-4H3;1-2H,(H,5,6)(H,7,8)/b;2-1-/t17-;/m0./s1. The summed E-state index contributed by atoms with van der Waals surface area (Å²) in [7, 11) is 0. The molecule has 0 amide bonds. The summed E-state index contributed by atoms with van der Waals surface area (Å²) in [6.45, 7) is 11.1. The van der Waals surface area contributed by atoms with E-state index in [1.54, 1.807) is 43.3 Å². The van der Waals surface area contributed by atoms with Gasteiger partial charge in [0.05, 0.1) is 18.8 Å². The van der Waals surface area contributed by atoms with Crippen molar-refractivity contribution in [1.82, 2.24) is 4.90 Å². The van der Waals surface area contributed by atoms with Gasteiger partial charge in [-0.25, -0.2) is 9.59 Å². The molecule has 2 N–H and O–H groups in total. The summed E-state index contributed by atoms with van der Waals surface area (Å²) in [5, 5.41) is 16.1. The first kappa shape index (κ1) is 37.9. The Morgan fingerprint density at radius 3 is 2.04 bits per heavy atom. The molecular weight excluding hydrogens is 812 g/mol. The van der Waals surface area contributed by atoms with Crippen LogP contribution in [0.1, 0.15) is 60.6 Å². The van der Waals surface area contributed by atoms with Crippen LogP contribution in [0.15, 0.2) is 53.0 Å². The summed E-state index contributed by atoms with van der Waals surface area (Å²) in [6.07, 6.45) is 1.30. The Balaban J connectivity index is 0.000000777. The van der Waals surface area contributed by atoms with Gasteiger partial charge in [0.1, 0.15) is 30.1 Å². The Bertz CT molecular complexity index is 1520. The molecule has 3 rings (SSSR count). The van der Waals surface area contributed by atoms with Gasteiger partial charge in [0.2, 0.25) is 11.6 Å². The number of carbonyl (C=O) groups is 5. The molecule has 0 aliphatic rings. The van der Waals surface area contributed by atoms with Crippen LogP contribution in [0.4, 0.5) is 0 Å². The largest absolute Gasteiger partial charge is 0.490 e. The quantitative estimate of drug-likeness (QED) is 0.0605. The SMILES string of the molecule is CC[C@H](C)OC(=O)Cc1oc2ccccc2c1C(=O)C(=O)c1cc(I)c(OCCN(CC)CC)c(I)c1.O=C(O)/C=C\C(=O)O. The summed E-state index contributed by atoms with van der Waals surface area (Å²) < 4.78 is 18.7. The molecule has 1 heterocycles. The van der Waals surface area contributed by atoms with Crippen molar-refractivity contribution in [2.24, 2.45) is 0 Å². The number of halogens is 2. The zero-order valence-corrected chi connectivity index (χ0v) is 29.6. The molecule has 0 aliphatic carbocycles. The van der Waals surface area contributed by atoms with E-state index >= 15 is 0 Å². The highest BCUT2D eigenvalue weighted by Gasteiger charge is 2.29. The maximum absolute atomic E-state index is 13.5. The zero-order valence-electron chi connectivity index (χ0n) is 25.3. The van der Waals surface area contributed by atoms with Crippen molar-refractivity contribution in [3.8, 4) is 5.75 Å². The minimum Gasteiger partial charge on any atom is -0.490 e. The summed E-state index contributed by atoms with van der Waals surface area (Å²) in [5.74, 6) is -3.59. The van der Waals surface area contributed by atoms with E-state index in [4.69, 9.17) is 24.1 Å². The second-order valence-electron chi connectivity index (χ2n) is 9.59. The molecule has 13 heteroatoms. The van der Waals surface area contributed by atoms with Crippen LogP contribution in [-0.4, -0.2) is 76.9 Å². The van der Waals surface area contributed by atoms with Gasteiger partial charge in [-0.05, 0) is 89.8 Å². The van der Waals surface area contributed by atoms with E-state index in [2.05, 4.69) is 63.9 Å². The molecule has 1 aromatic heterocycles. The highest BCUT2D eigenvalue weighted by molar-refractivity contribution is 14.1. The van der Waals surface area contributed by atoms with E-state index < -0.39 is 29.5 Å². The number of carboxylic acid groups (broad SMARTS) is 2. The third kappa shape index (κ3) is 11.5. The Labute approximate surface area is 288 Å². The number of ketones is 2. The van der Waals surface area contributed by atoms with Gasteiger partial charge in [-0.2, -0.15) is 0 Å². The zero-order chi connectivity index (χ0) is 33.7. The fourth-order valence-corrected chi connectivity index (χ4v) is 6.06. The number of hydrogen-bond donors (Lipinski definition) is 2. The Kier molecular flexibility index (Phi) is 15.7. The highest BCUT2D eigenvalue weighted by atomic mass is 127. The number of Topliss-reactive ketones (excluding diaryl/α,β-unsaturated/α-hetero) is 2. The normalized spacial score (nSPS) is 11.6. The van der Waals surface area contributed by atoms with Crippen molar-refractivity contribution in [1.29, 1.82) is 0 Å². The molecule has 0 spiro atoms. The van der Waals surface area contributed by atoms with E-state index in [0.717, 1.165) is 26.8 Å². The van der Waals surface area contributed by atoms with Gasteiger partial charge in [-0.15, -0.1) is 0 Å². The number of fused-ring (bicyclic) bond motifs is 1. The third-order valence-electron chi connectivity index (χ3n) is 6.49. The van der Waals surface area contributed by atoms with E-state index in [1.807, 2.05) is 6.92 Å². The minimum absolute atomic E-state index is 0.103. The molecule has 0 saturated carbocycles. The topological polar surface area (TPSA) is 161 Å². The van der Waals surface area contributed by atoms with Gasteiger partial charge in [0.15, 0.2) is 0 Å². The lowest BCUT2D eigenvalue weighted by Gasteiger charge is -2.19. The maximum atomic E-state index is 13.5. The number of para-hydroxylation sites is 1. The van der Waals surface area contributed by atoms with E-state index in [-0.39, 0.29) is 29.4 Å². The van der Waals surface area contributed by atoms with Crippen molar-refractivity contribution >= 4 is 85.6 Å². The molecule has 1 atom stereocenters. The number of rotatable bonds is 15. The molecule has 3 aromatic rings. The minimum atomic E-state index is -1.26. The Hall–Kier alpha value is -3.31. The Morgan fingerprint density at radius 2 is 1.51 bits per heavy atom. The lowest BCUT2D eigenvalue weighted by Crippen LogP contribution is -2.28. The number of furan rings is 1. The molecule has 0 aliphatic heterocycles. The lowest BCUT2D eigenvalue weighted by atomic mass is 9.98. The number of likely N-dealkylation sites (N-methyl/N-ethyl adjacent to an activating group) is 1. The number of hydrogen-bond acceptors (Lipinski definition) is 9. The van der Waals surface area contributed by atoms with Crippen LogP contribution >= 0.6 is 45.2 Å². The predicted molar refractivity (Wildman–Crippen MR) is 184 cm³/mol. The average molecular weight is 847 g/mol. The molecule has 45 heavy (non-hydrogen) atoms. The van der Waals surface area contributed by atoms with Gasteiger partial charge < -0.3 is 29.0 Å². The van der Waals surface area contributed by atoms with Crippen LogP contribution in [-0.2, 0) is 25.5 Å². The molecule has 0 fully saturated rings. The van der Waals surface area contributed by atoms with Crippen LogP contribution in [0, 0.1) is 7.14 Å². The van der Waals surface area contributed by atoms with E-state index in [9.17, 15) is 24.0 Å². The van der Waals surface area contributed by atoms with Gasteiger partial charge in [-0.3, -0.25) is 14.4 Å². The Morgan fingerprint density at radius 1 is 0.933 bits per heavy atom. The van der Waals surface area contributed by atoms with Crippen LogP contribution in [0.25, 0.3) is 11.0 Å². The molecular formula is C32H35I2NO10. The van der Waals surface area contributed by atoms with Crippen molar-refractivity contribution in [3.05, 3.63) is 72.6 Å². The van der Waals surface area contributed by atoms with Gasteiger partial charge in [-0.1, -0.05) is 39.0 Å². The number of carboxylic acids is 2.